The number of aryl methyl sites for hydroxylation is 1. The standard InChI is InChI=1S/C18H22ClNO3/c1-13-11-15(4-5-16(13)19)22-9-10-23-18-12-14(7-8-20)3-6-17(18)21-2/h3-6,11-12H,7-10,20H2,1-2H3. The number of ether oxygens (including phenoxy) is 3. The summed E-state index contributed by atoms with van der Waals surface area (Å²) in [5.41, 5.74) is 7.70. The topological polar surface area (TPSA) is 53.7 Å². The highest BCUT2D eigenvalue weighted by atomic mass is 35.5. The highest BCUT2D eigenvalue weighted by Crippen LogP contribution is 2.28. The van der Waals surface area contributed by atoms with Gasteiger partial charge in [0, 0.05) is 5.02 Å². The lowest BCUT2D eigenvalue weighted by atomic mass is 10.1. The Labute approximate surface area is 142 Å². The summed E-state index contributed by atoms with van der Waals surface area (Å²) in [5.74, 6) is 2.18. The van der Waals surface area contributed by atoms with Crippen molar-refractivity contribution < 1.29 is 14.2 Å². The minimum atomic E-state index is 0.421. The van der Waals surface area contributed by atoms with Gasteiger partial charge in [-0.15, -0.1) is 0 Å². The quantitative estimate of drug-likeness (QED) is 0.749. The van der Waals surface area contributed by atoms with Gasteiger partial charge in [0.15, 0.2) is 11.5 Å². The number of halogens is 1. The molecule has 0 heterocycles. The van der Waals surface area contributed by atoms with E-state index in [1.54, 1.807) is 7.11 Å². The number of hydrogen-bond donors (Lipinski definition) is 1. The molecule has 0 saturated heterocycles. The first-order valence-corrected chi connectivity index (χ1v) is 7.90. The SMILES string of the molecule is COc1ccc(CCN)cc1OCCOc1ccc(Cl)c(C)c1. The van der Waals surface area contributed by atoms with Gasteiger partial charge in [0.2, 0.25) is 0 Å². The molecule has 2 rings (SSSR count). The van der Waals surface area contributed by atoms with E-state index >= 15 is 0 Å². The number of nitrogens with two attached hydrogens (primary N) is 1. The molecule has 0 aromatic heterocycles. The highest BCUT2D eigenvalue weighted by Gasteiger charge is 2.06. The molecule has 23 heavy (non-hydrogen) atoms. The second-order valence-electron chi connectivity index (χ2n) is 5.13. The number of methoxy groups -OCH3 is 1. The zero-order valence-corrected chi connectivity index (χ0v) is 14.2. The van der Waals surface area contributed by atoms with E-state index in [2.05, 4.69) is 0 Å². The van der Waals surface area contributed by atoms with E-state index in [4.69, 9.17) is 31.5 Å². The summed E-state index contributed by atoms with van der Waals surface area (Å²) in [6, 6.07) is 11.4. The zero-order valence-electron chi connectivity index (χ0n) is 13.5. The largest absolute Gasteiger partial charge is 0.493 e. The van der Waals surface area contributed by atoms with Crippen molar-refractivity contribution in [1.29, 1.82) is 0 Å². The molecule has 0 atom stereocenters. The third kappa shape index (κ3) is 5.05. The molecule has 0 aliphatic carbocycles. The van der Waals surface area contributed by atoms with Gasteiger partial charge in [-0.05, 0) is 61.3 Å². The van der Waals surface area contributed by atoms with Gasteiger partial charge >= 0.3 is 0 Å². The molecule has 2 aromatic carbocycles. The van der Waals surface area contributed by atoms with Crippen LogP contribution in [0, 0.1) is 6.92 Å². The van der Waals surface area contributed by atoms with Crippen molar-refractivity contribution in [3.05, 3.63) is 52.5 Å². The molecule has 0 radical (unpaired) electrons. The van der Waals surface area contributed by atoms with Crippen molar-refractivity contribution in [2.24, 2.45) is 5.73 Å². The number of rotatable bonds is 8. The first-order valence-electron chi connectivity index (χ1n) is 7.52. The second kappa shape index (κ2) is 8.65. The summed E-state index contributed by atoms with van der Waals surface area (Å²) in [6.45, 7) is 3.40. The fourth-order valence-corrected chi connectivity index (χ4v) is 2.29. The average molecular weight is 336 g/mol. The molecule has 2 N–H and O–H groups in total. The zero-order chi connectivity index (χ0) is 16.7. The van der Waals surface area contributed by atoms with Gasteiger partial charge in [0.25, 0.3) is 0 Å². The van der Waals surface area contributed by atoms with Gasteiger partial charge in [-0.25, -0.2) is 0 Å². The minimum absolute atomic E-state index is 0.421. The van der Waals surface area contributed by atoms with E-state index in [9.17, 15) is 0 Å². The molecule has 0 saturated carbocycles. The second-order valence-corrected chi connectivity index (χ2v) is 5.54. The van der Waals surface area contributed by atoms with Gasteiger partial charge < -0.3 is 19.9 Å². The summed E-state index contributed by atoms with van der Waals surface area (Å²) in [6.07, 6.45) is 0.806. The number of hydrogen-bond acceptors (Lipinski definition) is 4. The Morgan fingerprint density at radius 2 is 1.78 bits per heavy atom. The van der Waals surface area contributed by atoms with Crippen LogP contribution < -0.4 is 19.9 Å². The maximum absolute atomic E-state index is 5.99. The van der Waals surface area contributed by atoms with Gasteiger partial charge in [-0.3, -0.25) is 0 Å². The van der Waals surface area contributed by atoms with Gasteiger partial charge in [0.1, 0.15) is 19.0 Å². The van der Waals surface area contributed by atoms with Crippen LogP contribution >= 0.6 is 11.6 Å². The van der Waals surface area contributed by atoms with Crippen molar-refractivity contribution in [2.75, 3.05) is 26.9 Å². The third-order valence-electron chi connectivity index (χ3n) is 3.40. The molecule has 0 spiro atoms. The molecule has 5 heteroatoms. The van der Waals surface area contributed by atoms with Crippen molar-refractivity contribution >= 4 is 11.6 Å². The van der Waals surface area contributed by atoms with Crippen LogP contribution in [-0.2, 0) is 6.42 Å². The Morgan fingerprint density at radius 3 is 2.48 bits per heavy atom. The van der Waals surface area contributed by atoms with E-state index in [-0.39, 0.29) is 0 Å². The van der Waals surface area contributed by atoms with Gasteiger partial charge in [-0.1, -0.05) is 17.7 Å². The molecular formula is C18H22ClNO3. The van der Waals surface area contributed by atoms with E-state index < -0.39 is 0 Å². The summed E-state index contributed by atoms with van der Waals surface area (Å²) < 4.78 is 16.8. The Kier molecular flexibility index (Phi) is 6.56. The Morgan fingerprint density at radius 1 is 1.00 bits per heavy atom. The Balaban J connectivity index is 1.90. The lowest BCUT2D eigenvalue weighted by molar-refractivity contribution is 0.211. The van der Waals surface area contributed by atoms with Gasteiger partial charge in [0.05, 0.1) is 7.11 Å². The normalized spacial score (nSPS) is 10.4. The van der Waals surface area contributed by atoms with Crippen molar-refractivity contribution in [1.82, 2.24) is 0 Å². The fraction of sp³-hybridized carbons (Fsp3) is 0.333. The van der Waals surface area contributed by atoms with E-state index in [0.717, 1.165) is 28.3 Å². The lowest BCUT2D eigenvalue weighted by Crippen LogP contribution is -2.10. The Bertz CT molecular complexity index is 646. The van der Waals surface area contributed by atoms with Crippen LogP contribution in [0.2, 0.25) is 5.02 Å². The smallest absolute Gasteiger partial charge is 0.161 e. The average Bonchev–Trinajstić information content (AvgIpc) is 2.55. The molecule has 0 bridgehead atoms. The first kappa shape index (κ1) is 17.4. The predicted octanol–water partition coefficient (Wildman–Crippen LogP) is 3.62. The molecule has 4 nitrogen and oxygen atoms in total. The molecule has 124 valence electrons. The molecule has 0 aliphatic rings. The highest BCUT2D eigenvalue weighted by molar-refractivity contribution is 6.31. The summed E-state index contributed by atoms with van der Waals surface area (Å²) >= 11 is 5.99. The monoisotopic (exact) mass is 335 g/mol. The van der Waals surface area contributed by atoms with Crippen LogP contribution in [0.15, 0.2) is 36.4 Å². The van der Waals surface area contributed by atoms with Crippen LogP contribution in [-0.4, -0.2) is 26.9 Å². The van der Waals surface area contributed by atoms with E-state index in [1.165, 1.54) is 0 Å². The van der Waals surface area contributed by atoms with Crippen LogP contribution in [0.25, 0.3) is 0 Å². The predicted molar refractivity (Wildman–Crippen MR) is 92.9 cm³/mol. The molecule has 0 aliphatic heterocycles. The fourth-order valence-electron chi connectivity index (χ4n) is 2.17. The maximum atomic E-state index is 5.99. The van der Waals surface area contributed by atoms with Crippen molar-refractivity contribution in [3.8, 4) is 17.2 Å². The van der Waals surface area contributed by atoms with Crippen LogP contribution in [0.3, 0.4) is 0 Å². The maximum Gasteiger partial charge on any atom is 0.161 e. The molecule has 0 amide bonds. The van der Waals surface area contributed by atoms with E-state index in [0.29, 0.717) is 31.3 Å². The number of benzene rings is 2. The molecular weight excluding hydrogens is 314 g/mol. The van der Waals surface area contributed by atoms with Crippen molar-refractivity contribution in [3.63, 3.8) is 0 Å². The summed E-state index contributed by atoms with van der Waals surface area (Å²) in [4.78, 5) is 0. The van der Waals surface area contributed by atoms with Crippen LogP contribution in [0.5, 0.6) is 17.2 Å². The van der Waals surface area contributed by atoms with Gasteiger partial charge in [-0.2, -0.15) is 0 Å². The van der Waals surface area contributed by atoms with Crippen LogP contribution in [0.4, 0.5) is 0 Å². The minimum Gasteiger partial charge on any atom is -0.493 e. The van der Waals surface area contributed by atoms with Crippen molar-refractivity contribution in [2.45, 2.75) is 13.3 Å². The summed E-state index contributed by atoms with van der Waals surface area (Å²) in [7, 11) is 1.62. The Hall–Kier alpha value is -1.91. The third-order valence-corrected chi connectivity index (χ3v) is 3.82. The molecule has 0 fully saturated rings. The van der Waals surface area contributed by atoms with Crippen LogP contribution in [0.1, 0.15) is 11.1 Å². The summed E-state index contributed by atoms with van der Waals surface area (Å²) in [5, 5.41) is 0.732. The molecule has 2 aromatic rings. The first-order chi connectivity index (χ1) is 11.1. The lowest BCUT2D eigenvalue weighted by Gasteiger charge is -2.13. The molecule has 0 unspecified atom stereocenters. The van der Waals surface area contributed by atoms with E-state index in [1.807, 2.05) is 43.3 Å².